The fourth-order valence-electron chi connectivity index (χ4n) is 1.64. The van der Waals surface area contributed by atoms with E-state index in [4.69, 9.17) is 0 Å². The largest absolute Gasteiger partial charge is 0.309 e. The van der Waals surface area contributed by atoms with E-state index in [0.29, 0.717) is 12.1 Å². The molecule has 1 atom stereocenters. The first kappa shape index (κ1) is 15.0. The highest BCUT2D eigenvalue weighted by atomic mass is 32.2. The molecule has 3 nitrogen and oxygen atoms in total. The second-order valence-corrected chi connectivity index (χ2v) is 6.60. The standard InChI is InChI=1S/C12H17F2NO2S/c1-9(8-18(2,16)17)15-7-10-4-3-5-11(6-10)12(13)14/h3-6,9,12,15H,7-8H2,1-2H3. The molecular formula is C12H17F2NO2S. The molecule has 0 bridgehead atoms. The van der Waals surface area contributed by atoms with Gasteiger partial charge < -0.3 is 5.32 Å². The molecule has 102 valence electrons. The number of halogens is 2. The van der Waals surface area contributed by atoms with Crippen LogP contribution in [-0.4, -0.2) is 26.5 Å². The molecule has 1 N–H and O–H groups in total. The minimum Gasteiger partial charge on any atom is -0.309 e. The van der Waals surface area contributed by atoms with Crippen molar-refractivity contribution >= 4 is 9.84 Å². The van der Waals surface area contributed by atoms with Crippen LogP contribution in [0.4, 0.5) is 8.78 Å². The Bertz CT molecular complexity index is 489. The zero-order valence-corrected chi connectivity index (χ0v) is 11.2. The third kappa shape index (κ3) is 5.55. The normalized spacial score (nSPS) is 13.8. The highest BCUT2D eigenvalue weighted by molar-refractivity contribution is 7.90. The Kier molecular flexibility index (Phi) is 5.22. The van der Waals surface area contributed by atoms with Gasteiger partial charge in [0.1, 0.15) is 9.84 Å². The first-order chi connectivity index (χ1) is 8.28. The van der Waals surface area contributed by atoms with Crippen molar-refractivity contribution in [2.75, 3.05) is 12.0 Å². The Morgan fingerprint density at radius 1 is 1.33 bits per heavy atom. The van der Waals surface area contributed by atoms with Gasteiger partial charge in [-0.15, -0.1) is 0 Å². The van der Waals surface area contributed by atoms with Gasteiger partial charge in [0, 0.05) is 24.4 Å². The van der Waals surface area contributed by atoms with E-state index in [2.05, 4.69) is 5.32 Å². The van der Waals surface area contributed by atoms with E-state index in [1.54, 1.807) is 19.1 Å². The van der Waals surface area contributed by atoms with Crippen molar-refractivity contribution in [3.05, 3.63) is 35.4 Å². The maximum atomic E-state index is 12.5. The molecule has 0 radical (unpaired) electrons. The van der Waals surface area contributed by atoms with Crippen LogP contribution in [0.15, 0.2) is 24.3 Å². The van der Waals surface area contributed by atoms with Gasteiger partial charge >= 0.3 is 0 Å². The molecule has 0 aliphatic carbocycles. The molecule has 1 unspecified atom stereocenters. The number of hydrogen-bond acceptors (Lipinski definition) is 3. The monoisotopic (exact) mass is 277 g/mol. The third-order valence-corrected chi connectivity index (χ3v) is 3.52. The van der Waals surface area contributed by atoms with Crippen molar-refractivity contribution < 1.29 is 17.2 Å². The summed E-state index contributed by atoms with van der Waals surface area (Å²) in [6.07, 6.45) is -1.32. The molecule has 0 spiro atoms. The zero-order valence-electron chi connectivity index (χ0n) is 10.4. The van der Waals surface area contributed by atoms with E-state index < -0.39 is 16.3 Å². The van der Waals surface area contributed by atoms with Crippen LogP contribution in [0.2, 0.25) is 0 Å². The number of nitrogens with one attached hydrogen (secondary N) is 1. The minimum absolute atomic E-state index is 0.0231. The Labute approximate surface area is 106 Å². The fourth-order valence-corrected chi connectivity index (χ4v) is 2.67. The van der Waals surface area contributed by atoms with Crippen LogP contribution >= 0.6 is 0 Å². The summed E-state index contributed by atoms with van der Waals surface area (Å²) in [5.41, 5.74) is 0.693. The summed E-state index contributed by atoms with van der Waals surface area (Å²) in [5, 5.41) is 3.00. The van der Waals surface area contributed by atoms with Gasteiger partial charge in [-0.05, 0) is 18.6 Å². The average molecular weight is 277 g/mol. The van der Waals surface area contributed by atoms with Gasteiger partial charge in [0.15, 0.2) is 0 Å². The number of hydrogen-bond donors (Lipinski definition) is 1. The first-order valence-corrected chi connectivity index (χ1v) is 7.62. The maximum absolute atomic E-state index is 12.5. The van der Waals surface area contributed by atoms with Crippen LogP contribution in [0, 0.1) is 0 Å². The molecule has 0 aliphatic rings. The van der Waals surface area contributed by atoms with E-state index in [9.17, 15) is 17.2 Å². The van der Waals surface area contributed by atoms with Crippen LogP contribution in [0.5, 0.6) is 0 Å². The third-order valence-electron chi connectivity index (χ3n) is 2.41. The number of benzene rings is 1. The van der Waals surface area contributed by atoms with E-state index in [0.717, 1.165) is 0 Å². The highest BCUT2D eigenvalue weighted by Gasteiger charge is 2.11. The molecule has 0 amide bonds. The lowest BCUT2D eigenvalue weighted by Crippen LogP contribution is -2.32. The topological polar surface area (TPSA) is 46.2 Å². The molecule has 18 heavy (non-hydrogen) atoms. The fraction of sp³-hybridized carbons (Fsp3) is 0.500. The Morgan fingerprint density at radius 3 is 2.56 bits per heavy atom. The lowest BCUT2D eigenvalue weighted by atomic mass is 10.1. The van der Waals surface area contributed by atoms with Crippen LogP contribution < -0.4 is 5.32 Å². The predicted molar refractivity (Wildman–Crippen MR) is 67.4 cm³/mol. The summed E-state index contributed by atoms with van der Waals surface area (Å²) in [7, 11) is -3.03. The minimum atomic E-state index is -3.03. The summed E-state index contributed by atoms with van der Waals surface area (Å²) >= 11 is 0. The van der Waals surface area contributed by atoms with Gasteiger partial charge in [-0.3, -0.25) is 0 Å². The number of alkyl halides is 2. The molecule has 6 heteroatoms. The first-order valence-electron chi connectivity index (χ1n) is 5.56. The lowest BCUT2D eigenvalue weighted by molar-refractivity contribution is 0.151. The summed E-state index contributed by atoms with van der Waals surface area (Å²) in [6, 6.07) is 5.88. The molecule has 0 saturated carbocycles. The Hall–Kier alpha value is -1.01. The number of rotatable bonds is 6. The molecule has 0 heterocycles. The van der Waals surface area contributed by atoms with Crippen molar-refractivity contribution in [2.45, 2.75) is 25.9 Å². The zero-order chi connectivity index (χ0) is 13.8. The SMILES string of the molecule is CC(CS(C)(=O)=O)NCc1cccc(C(F)F)c1. The van der Waals surface area contributed by atoms with Gasteiger partial charge in [0.2, 0.25) is 0 Å². The van der Waals surface area contributed by atoms with E-state index in [1.807, 2.05) is 0 Å². The lowest BCUT2D eigenvalue weighted by Gasteiger charge is -2.13. The summed E-state index contributed by atoms with van der Waals surface area (Å²) < 4.78 is 47.1. The molecule has 1 rings (SSSR count). The van der Waals surface area contributed by atoms with E-state index in [-0.39, 0.29) is 17.4 Å². The molecule has 0 fully saturated rings. The van der Waals surface area contributed by atoms with Crippen LogP contribution in [0.3, 0.4) is 0 Å². The molecule has 0 aliphatic heterocycles. The summed E-state index contributed by atoms with van der Waals surface area (Å²) in [6.45, 7) is 2.12. The smallest absolute Gasteiger partial charge is 0.263 e. The number of sulfone groups is 1. The summed E-state index contributed by atoms with van der Waals surface area (Å²) in [4.78, 5) is 0. The Morgan fingerprint density at radius 2 is 2.00 bits per heavy atom. The second-order valence-electron chi connectivity index (χ2n) is 4.42. The van der Waals surface area contributed by atoms with Gasteiger partial charge in [-0.25, -0.2) is 17.2 Å². The van der Waals surface area contributed by atoms with Gasteiger partial charge in [-0.1, -0.05) is 18.2 Å². The molecule has 1 aromatic rings. The van der Waals surface area contributed by atoms with Crippen LogP contribution in [-0.2, 0) is 16.4 Å². The Balaban J connectivity index is 2.56. The van der Waals surface area contributed by atoms with Gasteiger partial charge in [0.25, 0.3) is 6.43 Å². The highest BCUT2D eigenvalue weighted by Crippen LogP contribution is 2.19. The second kappa shape index (κ2) is 6.24. The van der Waals surface area contributed by atoms with Crippen LogP contribution in [0.1, 0.15) is 24.5 Å². The van der Waals surface area contributed by atoms with Crippen molar-refractivity contribution in [2.24, 2.45) is 0 Å². The molecule has 0 saturated heterocycles. The quantitative estimate of drug-likeness (QED) is 0.866. The van der Waals surface area contributed by atoms with Gasteiger partial charge in [0.05, 0.1) is 5.75 Å². The average Bonchev–Trinajstić information content (AvgIpc) is 2.24. The van der Waals surface area contributed by atoms with E-state index >= 15 is 0 Å². The molecule has 0 aromatic heterocycles. The van der Waals surface area contributed by atoms with Gasteiger partial charge in [-0.2, -0.15) is 0 Å². The van der Waals surface area contributed by atoms with Crippen molar-refractivity contribution in [1.82, 2.24) is 5.32 Å². The summed E-state index contributed by atoms with van der Waals surface area (Å²) in [5.74, 6) is 0.0293. The van der Waals surface area contributed by atoms with Crippen molar-refractivity contribution in [1.29, 1.82) is 0 Å². The molecule has 1 aromatic carbocycles. The van der Waals surface area contributed by atoms with Crippen LogP contribution in [0.25, 0.3) is 0 Å². The van der Waals surface area contributed by atoms with E-state index in [1.165, 1.54) is 18.4 Å². The molecular weight excluding hydrogens is 260 g/mol. The predicted octanol–water partition coefficient (Wildman–Crippen LogP) is 2.15. The van der Waals surface area contributed by atoms with Crippen molar-refractivity contribution in [3.8, 4) is 0 Å². The maximum Gasteiger partial charge on any atom is 0.263 e. The van der Waals surface area contributed by atoms with Crippen molar-refractivity contribution in [3.63, 3.8) is 0 Å².